The third kappa shape index (κ3) is 5.03. The fraction of sp³-hybridized carbons (Fsp3) is 0.176. The molecule has 0 saturated heterocycles. The van der Waals surface area contributed by atoms with Gasteiger partial charge in [0, 0.05) is 30.2 Å². The zero-order chi connectivity index (χ0) is 19.3. The SMILES string of the molecule is CN(Cc1ccccc1Br)C(=O)COC(=O)c1ccc([N+](=O)[O-])cc1Cl. The molecular weight excluding hydrogens is 428 g/mol. The molecule has 0 fully saturated rings. The van der Waals surface area contributed by atoms with Gasteiger partial charge in [0.05, 0.1) is 15.5 Å². The molecule has 0 N–H and O–H groups in total. The number of nitrogens with zero attached hydrogens (tertiary/aromatic N) is 2. The minimum atomic E-state index is -0.826. The van der Waals surface area contributed by atoms with Crippen LogP contribution in [-0.2, 0) is 16.1 Å². The Kier molecular flexibility index (Phi) is 6.70. The van der Waals surface area contributed by atoms with E-state index in [9.17, 15) is 19.7 Å². The minimum absolute atomic E-state index is 0.0430. The molecule has 0 bridgehead atoms. The van der Waals surface area contributed by atoms with Crippen LogP contribution in [0.4, 0.5) is 5.69 Å². The van der Waals surface area contributed by atoms with Gasteiger partial charge in [-0.2, -0.15) is 0 Å². The second kappa shape index (κ2) is 8.77. The van der Waals surface area contributed by atoms with Gasteiger partial charge in [0.25, 0.3) is 11.6 Å². The fourth-order valence-corrected chi connectivity index (χ4v) is 2.73. The third-order valence-electron chi connectivity index (χ3n) is 3.50. The Balaban J connectivity index is 1.95. The molecule has 0 aliphatic heterocycles. The Labute approximate surface area is 162 Å². The van der Waals surface area contributed by atoms with Gasteiger partial charge in [-0.25, -0.2) is 4.79 Å². The lowest BCUT2D eigenvalue weighted by atomic mass is 10.2. The molecule has 2 aromatic carbocycles. The summed E-state index contributed by atoms with van der Waals surface area (Å²) >= 11 is 9.27. The topological polar surface area (TPSA) is 89.8 Å². The molecule has 0 aliphatic rings. The van der Waals surface area contributed by atoms with E-state index in [1.807, 2.05) is 24.3 Å². The van der Waals surface area contributed by atoms with Gasteiger partial charge in [-0.3, -0.25) is 14.9 Å². The molecule has 2 aromatic rings. The van der Waals surface area contributed by atoms with Crippen LogP contribution >= 0.6 is 27.5 Å². The fourth-order valence-electron chi connectivity index (χ4n) is 2.07. The Hall–Kier alpha value is -2.45. The van der Waals surface area contributed by atoms with Crippen molar-refractivity contribution < 1.29 is 19.2 Å². The number of likely N-dealkylation sites (N-methyl/N-ethyl adjacent to an activating group) is 1. The molecule has 136 valence electrons. The summed E-state index contributed by atoms with van der Waals surface area (Å²) in [5, 5.41) is 10.6. The summed E-state index contributed by atoms with van der Waals surface area (Å²) in [6.07, 6.45) is 0. The van der Waals surface area contributed by atoms with Gasteiger partial charge >= 0.3 is 5.97 Å². The van der Waals surface area contributed by atoms with Crippen molar-refractivity contribution in [1.82, 2.24) is 4.90 Å². The van der Waals surface area contributed by atoms with Crippen LogP contribution < -0.4 is 0 Å². The molecular formula is C17H14BrClN2O5. The molecule has 0 radical (unpaired) electrons. The summed E-state index contributed by atoms with van der Waals surface area (Å²) < 4.78 is 5.83. The van der Waals surface area contributed by atoms with Gasteiger partial charge in [-0.1, -0.05) is 45.7 Å². The number of carbonyl (C=O) groups is 2. The summed E-state index contributed by atoms with van der Waals surface area (Å²) in [6, 6.07) is 10.8. The van der Waals surface area contributed by atoms with E-state index < -0.39 is 23.4 Å². The molecule has 2 rings (SSSR count). The van der Waals surface area contributed by atoms with Crippen molar-refractivity contribution >= 4 is 45.1 Å². The quantitative estimate of drug-likeness (QED) is 0.386. The van der Waals surface area contributed by atoms with Crippen LogP contribution in [0.25, 0.3) is 0 Å². The van der Waals surface area contributed by atoms with E-state index in [0.717, 1.165) is 22.2 Å². The van der Waals surface area contributed by atoms with E-state index in [2.05, 4.69) is 15.9 Å². The average molecular weight is 442 g/mol. The summed E-state index contributed by atoms with van der Waals surface area (Å²) in [6.45, 7) is -0.122. The predicted octanol–water partition coefficient (Wildman–Crippen LogP) is 3.83. The molecule has 0 aromatic heterocycles. The smallest absolute Gasteiger partial charge is 0.340 e. The number of amides is 1. The van der Waals surface area contributed by atoms with Crippen molar-refractivity contribution in [2.75, 3.05) is 13.7 Å². The highest BCUT2D eigenvalue weighted by Crippen LogP contribution is 2.23. The Morgan fingerprint density at radius 2 is 1.96 bits per heavy atom. The molecule has 26 heavy (non-hydrogen) atoms. The van der Waals surface area contributed by atoms with E-state index >= 15 is 0 Å². The lowest BCUT2D eigenvalue weighted by Gasteiger charge is -2.18. The lowest BCUT2D eigenvalue weighted by molar-refractivity contribution is -0.384. The van der Waals surface area contributed by atoms with Gasteiger partial charge in [-0.05, 0) is 17.7 Å². The number of halogens is 2. The Morgan fingerprint density at radius 3 is 2.58 bits per heavy atom. The maximum atomic E-state index is 12.1. The van der Waals surface area contributed by atoms with Crippen LogP contribution in [-0.4, -0.2) is 35.4 Å². The van der Waals surface area contributed by atoms with Crippen molar-refractivity contribution in [3.8, 4) is 0 Å². The van der Waals surface area contributed by atoms with Crippen molar-refractivity contribution in [2.24, 2.45) is 0 Å². The number of hydrogen-bond acceptors (Lipinski definition) is 5. The van der Waals surface area contributed by atoms with Crippen LogP contribution in [0.5, 0.6) is 0 Å². The standard InChI is InChI=1S/C17H14BrClN2O5/c1-20(9-11-4-2-3-5-14(11)18)16(22)10-26-17(23)13-7-6-12(21(24)25)8-15(13)19/h2-8H,9-10H2,1H3. The van der Waals surface area contributed by atoms with E-state index in [1.165, 1.54) is 11.0 Å². The van der Waals surface area contributed by atoms with Gasteiger partial charge < -0.3 is 9.64 Å². The third-order valence-corrected chi connectivity index (χ3v) is 4.59. The molecule has 0 aliphatic carbocycles. The number of nitro groups is 1. The van der Waals surface area contributed by atoms with Crippen molar-refractivity contribution in [3.05, 3.63) is 73.2 Å². The Morgan fingerprint density at radius 1 is 1.27 bits per heavy atom. The normalized spacial score (nSPS) is 10.3. The second-order valence-electron chi connectivity index (χ2n) is 5.34. The lowest BCUT2D eigenvalue weighted by Crippen LogP contribution is -2.31. The molecule has 0 unspecified atom stereocenters. The van der Waals surface area contributed by atoms with Crippen molar-refractivity contribution in [3.63, 3.8) is 0 Å². The van der Waals surface area contributed by atoms with Crippen molar-refractivity contribution in [2.45, 2.75) is 6.54 Å². The second-order valence-corrected chi connectivity index (χ2v) is 6.60. The number of ether oxygens (including phenoxy) is 1. The maximum absolute atomic E-state index is 12.1. The predicted molar refractivity (Wildman–Crippen MR) is 99.0 cm³/mol. The Bertz CT molecular complexity index is 859. The number of hydrogen-bond donors (Lipinski definition) is 0. The highest BCUT2D eigenvalue weighted by atomic mass is 79.9. The van der Waals surface area contributed by atoms with Gasteiger partial charge in [-0.15, -0.1) is 0 Å². The molecule has 0 spiro atoms. The summed E-state index contributed by atoms with van der Waals surface area (Å²) in [7, 11) is 1.59. The summed E-state index contributed by atoms with van der Waals surface area (Å²) in [4.78, 5) is 35.6. The highest BCUT2D eigenvalue weighted by molar-refractivity contribution is 9.10. The van der Waals surface area contributed by atoms with Gasteiger partial charge in [0.15, 0.2) is 6.61 Å². The monoisotopic (exact) mass is 440 g/mol. The number of esters is 1. The first-order valence-electron chi connectivity index (χ1n) is 7.38. The number of benzene rings is 2. The number of rotatable bonds is 6. The van der Waals surface area contributed by atoms with Crippen LogP contribution in [0.2, 0.25) is 5.02 Å². The van der Waals surface area contributed by atoms with E-state index in [4.69, 9.17) is 16.3 Å². The molecule has 0 heterocycles. The highest BCUT2D eigenvalue weighted by Gasteiger charge is 2.18. The van der Waals surface area contributed by atoms with E-state index in [-0.39, 0.29) is 16.3 Å². The van der Waals surface area contributed by atoms with Crippen LogP contribution in [0.1, 0.15) is 15.9 Å². The first-order valence-corrected chi connectivity index (χ1v) is 8.55. The number of non-ortho nitro benzene ring substituents is 1. The van der Waals surface area contributed by atoms with Crippen LogP contribution in [0.3, 0.4) is 0 Å². The first kappa shape index (κ1) is 19.9. The summed E-state index contributed by atoms with van der Waals surface area (Å²) in [5.41, 5.74) is 0.627. The van der Waals surface area contributed by atoms with E-state index in [0.29, 0.717) is 6.54 Å². The minimum Gasteiger partial charge on any atom is -0.452 e. The molecule has 0 atom stereocenters. The zero-order valence-corrected chi connectivity index (χ0v) is 16.0. The zero-order valence-electron chi connectivity index (χ0n) is 13.6. The van der Waals surface area contributed by atoms with Gasteiger partial charge in [0.2, 0.25) is 0 Å². The molecule has 7 nitrogen and oxygen atoms in total. The molecule has 9 heteroatoms. The van der Waals surface area contributed by atoms with Gasteiger partial charge in [0.1, 0.15) is 0 Å². The molecule has 0 saturated carbocycles. The first-order chi connectivity index (χ1) is 12.3. The number of carbonyl (C=O) groups excluding carboxylic acids is 2. The molecule has 1 amide bonds. The largest absolute Gasteiger partial charge is 0.452 e. The van der Waals surface area contributed by atoms with Crippen LogP contribution in [0.15, 0.2) is 46.9 Å². The summed E-state index contributed by atoms with van der Waals surface area (Å²) in [5.74, 6) is -1.22. The van der Waals surface area contributed by atoms with E-state index in [1.54, 1.807) is 7.05 Å². The maximum Gasteiger partial charge on any atom is 0.340 e. The van der Waals surface area contributed by atoms with Crippen molar-refractivity contribution in [1.29, 1.82) is 0 Å². The average Bonchev–Trinajstić information content (AvgIpc) is 2.61. The van der Waals surface area contributed by atoms with Crippen LogP contribution in [0, 0.1) is 10.1 Å². The number of nitro benzene ring substituents is 1.